The summed E-state index contributed by atoms with van der Waals surface area (Å²) in [7, 11) is 1.87. The summed E-state index contributed by atoms with van der Waals surface area (Å²) in [6, 6.07) is 9.96. The first-order chi connectivity index (χ1) is 10.2. The van der Waals surface area contributed by atoms with Crippen LogP contribution in [0.2, 0.25) is 0 Å². The molecule has 2 atom stereocenters. The fourth-order valence-electron chi connectivity index (χ4n) is 3.11. The lowest BCUT2D eigenvalue weighted by molar-refractivity contribution is -0.133. The largest absolute Gasteiger partial charge is 0.378 e. The van der Waals surface area contributed by atoms with Crippen LogP contribution in [0.1, 0.15) is 11.1 Å². The number of benzene rings is 1. The van der Waals surface area contributed by atoms with E-state index in [1.807, 2.05) is 36.2 Å². The second-order valence-corrected chi connectivity index (χ2v) is 5.84. The topological polar surface area (TPSA) is 56.6 Å². The van der Waals surface area contributed by atoms with E-state index >= 15 is 0 Å². The maximum absolute atomic E-state index is 12.3. The summed E-state index contributed by atoms with van der Waals surface area (Å²) in [6.07, 6.45) is 0. The maximum atomic E-state index is 12.3. The zero-order valence-corrected chi connectivity index (χ0v) is 12.2. The van der Waals surface area contributed by atoms with Crippen molar-refractivity contribution < 1.29 is 9.53 Å². The molecule has 0 spiro atoms. The highest BCUT2D eigenvalue weighted by Crippen LogP contribution is 2.21. The first-order valence-corrected chi connectivity index (χ1v) is 7.23. The van der Waals surface area contributed by atoms with Gasteiger partial charge in [-0.1, -0.05) is 12.1 Å². The number of rotatable bonds is 2. The summed E-state index contributed by atoms with van der Waals surface area (Å²) in [5, 5.41) is 8.98. The molecule has 1 aromatic carbocycles. The fourth-order valence-corrected chi connectivity index (χ4v) is 3.11. The van der Waals surface area contributed by atoms with Crippen LogP contribution in [0, 0.1) is 17.2 Å². The van der Waals surface area contributed by atoms with Crippen molar-refractivity contribution in [2.24, 2.45) is 5.92 Å². The van der Waals surface area contributed by atoms with Crippen LogP contribution in [0.4, 0.5) is 0 Å². The van der Waals surface area contributed by atoms with Crippen molar-refractivity contribution in [2.45, 2.75) is 12.6 Å². The second kappa shape index (κ2) is 5.84. The molecule has 1 aromatic rings. The molecule has 2 saturated heterocycles. The maximum Gasteiger partial charge on any atom is 0.229 e. The molecule has 5 nitrogen and oxygen atoms in total. The van der Waals surface area contributed by atoms with Gasteiger partial charge < -0.3 is 9.64 Å². The Balaban J connectivity index is 1.77. The zero-order chi connectivity index (χ0) is 14.8. The van der Waals surface area contributed by atoms with E-state index in [1.54, 1.807) is 0 Å². The van der Waals surface area contributed by atoms with Crippen LogP contribution in [-0.4, -0.2) is 55.1 Å². The Hall–Kier alpha value is -1.90. The molecule has 0 saturated carbocycles. The van der Waals surface area contributed by atoms with Crippen LogP contribution in [0.3, 0.4) is 0 Å². The van der Waals surface area contributed by atoms with E-state index in [-0.39, 0.29) is 17.9 Å². The molecule has 3 rings (SSSR count). The fraction of sp³-hybridized carbons (Fsp3) is 0.500. The van der Waals surface area contributed by atoms with Crippen LogP contribution < -0.4 is 0 Å². The number of amides is 1. The molecule has 2 heterocycles. The van der Waals surface area contributed by atoms with E-state index in [0.717, 1.165) is 25.2 Å². The lowest BCUT2D eigenvalue weighted by Crippen LogP contribution is -2.42. The second-order valence-electron chi connectivity index (χ2n) is 5.84. The van der Waals surface area contributed by atoms with Crippen molar-refractivity contribution in [3.05, 3.63) is 35.4 Å². The first kappa shape index (κ1) is 14.1. The van der Waals surface area contributed by atoms with E-state index in [0.29, 0.717) is 18.8 Å². The Morgan fingerprint density at radius 2 is 2.24 bits per heavy atom. The van der Waals surface area contributed by atoms with E-state index in [9.17, 15) is 4.79 Å². The number of likely N-dealkylation sites (N-methyl/N-ethyl adjacent to an activating group) is 1. The number of nitriles is 1. The molecule has 2 aliphatic rings. The van der Waals surface area contributed by atoms with Crippen molar-refractivity contribution in [2.75, 3.05) is 33.4 Å². The van der Waals surface area contributed by atoms with Gasteiger partial charge in [-0.25, -0.2) is 0 Å². The highest BCUT2D eigenvalue weighted by Gasteiger charge is 2.37. The monoisotopic (exact) mass is 285 g/mol. The number of nitrogens with zero attached hydrogens (tertiary/aromatic N) is 3. The number of ether oxygens (including phenoxy) is 1. The van der Waals surface area contributed by atoms with Crippen LogP contribution in [-0.2, 0) is 16.1 Å². The van der Waals surface area contributed by atoms with Crippen LogP contribution >= 0.6 is 0 Å². The molecule has 5 heteroatoms. The SMILES string of the molecule is CN1C(=O)[C@H]2COC[C@@H]1CN(Cc1cccc(C#N)c1)C2. The summed E-state index contributed by atoms with van der Waals surface area (Å²) in [4.78, 5) is 16.4. The van der Waals surface area contributed by atoms with E-state index in [1.165, 1.54) is 0 Å². The van der Waals surface area contributed by atoms with Crippen molar-refractivity contribution in [3.8, 4) is 6.07 Å². The van der Waals surface area contributed by atoms with Gasteiger partial charge in [0, 0.05) is 26.7 Å². The van der Waals surface area contributed by atoms with Gasteiger partial charge in [0.25, 0.3) is 0 Å². The Morgan fingerprint density at radius 1 is 1.38 bits per heavy atom. The summed E-state index contributed by atoms with van der Waals surface area (Å²) in [5.41, 5.74) is 1.80. The van der Waals surface area contributed by atoms with E-state index < -0.39 is 0 Å². The number of carbonyl (C=O) groups excluding carboxylic acids is 1. The molecular formula is C16H19N3O2. The highest BCUT2D eigenvalue weighted by molar-refractivity contribution is 5.79. The molecule has 1 amide bonds. The number of hydrogen-bond donors (Lipinski definition) is 0. The van der Waals surface area contributed by atoms with E-state index in [4.69, 9.17) is 10.00 Å². The molecule has 0 radical (unpaired) electrons. The standard InChI is InChI=1S/C16H19N3O2/c1-18-15-9-19(8-14(16(18)20)10-21-11-15)7-13-4-2-3-12(5-13)6-17/h2-5,14-15H,7-11H2,1H3/t14-,15+/m1/s1. The van der Waals surface area contributed by atoms with Crippen molar-refractivity contribution in [1.29, 1.82) is 5.26 Å². The smallest absolute Gasteiger partial charge is 0.229 e. The lowest BCUT2D eigenvalue weighted by atomic mass is 10.1. The normalized spacial score (nSPS) is 26.3. The van der Waals surface area contributed by atoms with Crippen LogP contribution in [0.15, 0.2) is 24.3 Å². The third-order valence-electron chi connectivity index (χ3n) is 4.28. The van der Waals surface area contributed by atoms with Gasteiger partial charge in [-0.15, -0.1) is 0 Å². The summed E-state index contributed by atoms with van der Waals surface area (Å²) >= 11 is 0. The van der Waals surface area contributed by atoms with Gasteiger partial charge in [0.1, 0.15) is 0 Å². The lowest BCUT2D eigenvalue weighted by Gasteiger charge is -2.29. The van der Waals surface area contributed by atoms with Gasteiger partial charge in [0.2, 0.25) is 5.91 Å². The Labute approximate surface area is 124 Å². The summed E-state index contributed by atoms with van der Waals surface area (Å²) in [5.74, 6) is 0.104. The summed E-state index contributed by atoms with van der Waals surface area (Å²) < 4.78 is 5.61. The predicted octanol–water partition coefficient (Wildman–Crippen LogP) is 0.847. The molecule has 110 valence electrons. The molecule has 0 aliphatic carbocycles. The zero-order valence-electron chi connectivity index (χ0n) is 12.2. The Bertz CT molecular complexity index is 581. The Morgan fingerprint density at radius 3 is 3.05 bits per heavy atom. The van der Waals surface area contributed by atoms with E-state index in [2.05, 4.69) is 11.0 Å². The van der Waals surface area contributed by atoms with Crippen molar-refractivity contribution in [1.82, 2.24) is 9.80 Å². The van der Waals surface area contributed by atoms with Crippen LogP contribution in [0.5, 0.6) is 0 Å². The molecule has 2 fully saturated rings. The average Bonchev–Trinajstić information content (AvgIpc) is 2.66. The van der Waals surface area contributed by atoms with Gasteiger partial charge in [0.05, 0.1) is 36.8 Å². The highest BCUT2D eigenvalue weighted by atomic mass is 16.5. The number of fused-ring (bicyclic) bond motifs is 3. The predicted molar refractivity (Wildman–Crippen MR) is 77.3 cm³/mol. The molecule has 2 bridgehead atoms. The third kappa shape index (κ3) is 2.92. The minimum atomic E-state index is -0.0818. The number of hydrogen-bond acceptors (Lipinski definition) is 4. The number of carbonyl (C=O) groups is 1. The molecule has 0 aromatic heterocycles. The molecule has 21 heavy (non-hydrogen) atoms. The van der Waals surface area contributed by atoms with Gasteiger partial charge in [-0.3, -0.25) is 9.69 Å². The molecule has 2 aliphatic heterocycles. The van der Waals surface area contributed by atoms with Crippen LogP contribution in [0.25, 0.3) is 0 Å². The molecular weight excluding hydrogens is 266 g/mol. The van der Waals surface area contributed by atoms with Gasteiger partial charge in [0.15, 0.2) is 0 Å². The third-order valence-corrected chi connectivity index (χ3v) is 4.28. The van der Waals surface area contributed by atoms with Crippen molar-refractivity contribution >= 4 is 5.91 Å². The van der Waals surface area contributed by atoms with Gasteiger partial charge >= 0.3 is 0 Å². The molecule has 0 unspecified atom stereocenters. The minimum absolute atomic E-state index is 0.0818. The van der Waals surface area contributed by atoms with Gasteiger partial charge in [-0.2, -0.15) is 5.26 Å². The first-order valence-electron chi connectivity index (χ1n) is 7.23. The average molecular weight is 285 g/mol. The molecule has 0 N–H and O–H groups in total. The minimum Gasteiger partial charge on any atom is -0.378 e. The quantitative estimate of drug-likeness (QED) is 0.808. The van der Waals surface area contributed by atoms with Crippen molar-refractivity contribution in [3.63, 3.8) is 0 Å². The Kier molecular flexibility index (Phi) is 3.91. The van der Waals surface area contributed by atoms with Gasteiger partial charge in [-0.05, 0) is 17.7 Å². The summed E-state index contributed by atoms with van der Waals surface area (Å²) in [6.45, 7) is 3.41.